The molecule has 0 saturated carbocycles. The van der Waals surface area contributed by atoms with E-state index >= 15 is 0 Å². The average Bonchev–Trinajstić information content (AvgIpc) is 1.82. The average molecular weight is 1060 g/mol. The second-order valence-electron chi connectivity index (χ2n) is 21.5. The Morgan fingerprint density at radius 3 is 1.24 bits per heavy atom. The van der Waals surface area contributed by atoms with Crippen molar-refractivity contribution >= 4 is 116 Å². The van der Waals surface area contributed by atoms with Crippen LogP contribution < -0.4 is 9.80 Å². The number of allylic oxidation sites excluding steroid dienone is 5. The van der Waals surface area contributed by atoms with Crippen LogP contribution >= 0.6 is 0 Å². The van der Waals surface area contributed by atoms with Gasteiger partial charge >= 0.3 is 0 Å². The van der Waals surface area contributed by atoms with E-state index in [1.54, 1.807) is 0 Å². The summed E-state index contributed by atoms with van der Waals surface area (Å²) in [6.45, 7) is 6.51. The van der Waals surface area contributed by atoms with Gasteiger partial charge in [0.2, 0.25) is 0 Å². The van der Waals surface area contributed by atoms with Crippen LogP contribution in [0.3, 0.4) is 0 Å². The SMILES string of the molecule is C=C/C=C(\C=C/C)c1c2c3ccc(N(c4ccccc4)c4cccc(-c5ccccc5)c4)c4c5ccccc5n(c2c(-c2ccccc2)c2c5ccc(N(c6ccccc6)c6cccc(-c7ccccc7)c6)c6c7ccccc7n(c12)c56)c34. The zero-order chi connectivity index (χ0) is 55.1. The molecule has 0 aliphatic rings. The van der Waals surface area contributed by atoms with Crippen molar-refractivity contribution in [2.24, 2.45) is 0 Å². The molecular formula is C79H54N4. The summed E-state index contributed by atoms with van der Waals surface area (Å²) >= 11 is 0. The third-order valence-electron chi connectivity index (χ3n) is 16.9. The fourth-order valence-electron chi connectivity index (χ4n) is 13.7. The number of rotatable bonds is 12. The van der Waals surface area contributed by atoms with Crippen LogP contribution in [-0.2, 0) is 0 Å². The molecule has 0 saturated heterocycles. The van der Waals surface area contributed by atoms with Gasteiger partial charge in [0.15, 0.2) is 0 Å². The summed E-state index contributed by atoms with van der Waals surface area (Å²) in [6.07, 6.45) is 8.62. The summed E-state index contributed by atoms with van der Waals surface area (Å²) in [6, 6.07) is 99.9. The number of para-hydroxylation sites is 4. The van der Waals surface area contributed by atoms with Crippen molar-refractivity contribution in [3.8, 4) is 33.4 Å². The fraction of sp³-hybridized carbons (Fsp3) is 0.0127. The van der Waals surface area contributed by atoms with Crippen LogP contribution in [0.4, 0.5) is 34.1 Å². The van der Waals surface area contributed by atoms with Gasteiger partial charge in [-0.15, -0.1) is 0 Å². The highest BCUT2D eigenvalue weighted by atomic mass is 15.2. The Labute approximate surface area is 481 Å². The topological polar surface area (TPSA) is 15.3 Å². The molecule has 16 aromatic rings. The van der Waals surface area contributed by atoms with E-state index in [0.29, 0.717) is 0 Å². The highest BCUT2D eigenvalue weighted by Gasteiger charge is 2.33. The molecule has 12 aromatic carbocycles. The third-order valence-corrected chi connectivity index (χ3v) is 16.9. The van der Waals surface area contributed by atoms with Gasteiger partial charge in [-0.05, 0) is 113 Å². The van der Waals surface area contributed by atoms with Gasteiger partial charge in [-0.2, -0.15) is 0 Å². The number of nitrogens with zero attached hydrogens (tertiary/aromatic N) is 4. The molecule has 0 unspecified atom stereocenters. The third kappa shape index (κ3) is 7.33. The van der Waals surface area contributed by atoms with E-state index in [2.05, 4.69) is 323 Å². The highest BCUT2D eigenvalue weighted by molar-refractivity contribution is 6.38. The Balaban J connectivity index is 1.08. The second-order valence-corrected chi connectivity index (χ2v) is 21.5. The number of hydrogen-bond donors (Lipinski definition) is 0. The van der Waals surface area contributed by atoms with Gasteiger partial charge in [0, 0.05) is 77.0 Å². The van der Waals surface area contributed by atoms with Crippen molar-refractivity contribution in [1.82, 2.24) is 8.80 Å². The van der Waals surface area contributed by atoms with Crippen LogP contribution in [0.25, 0.3) is 115 Å². The van der Waals surface area contributed by atoms with Crippen LogP contribution in [0.15, 0.2) is 304 Å². The lowest BCUT2D eigenvalue weighted by atomic mass is 9.88. The maximum Gasteiger partial charge on any atom is 0.0642 e. The van der Waals surface area contributed by atoms with Crippen molar-refractivity contribution in [1.29, 1.82) is 0 Å². The van der Waals surface area contributed by atoms with E-state index in [4.69, 9.17) is 0 Å². The molecule has 0 amide bonds. The van der Waals surface area contributed by atoms with E-state index in [-0.39, 0.29) is 0 Å². The fourth-order valence-corrected chi connectivity index (χ4v) is 13.7. The molecule has 16 rings (SSSR count). The monoisotopic (exact) mass is 1060 g/mol. The lowest BCUT2D eigenvalue weighted by Crippen LogP contribution is -2.10. The van der Waals surface area contributed by atoms with Gasteiger partial charge in [0.1, 0.15) is 0 Å². The molecule has 0 radical (unpaired) electrons. The quantitative estimate of drug-likeness (QED) is 0.113. The summed E-state index contributed by atoms with van der Waals surface area (Å²) in [4.78, 5) is 4.92. The van der Waals surface area contributed by atoms with Crippen molar-refractivity contribution in [3.63, 3.8) is 0 Å². The van der Waals surface area contributed by atoms with E-state index in [1.807, 2.05) is 6.08 Å². The Bertz CT molecular complexity index is 5070. The molecular weight excluding hydrogens is 1000 g/mol. The van der Waals surface area contributed by atoms with E-state index in [1.165, 1.54) is 87.4 Å². The summed E-state index contributed by atoms with van der Waals surface area (Å²) in [5, 5.41) is 9.58. The lowest BCUT2D eigenvalue weighted by Gasteiger charge is -2.27. The van der Waals surface area contributed by atoms with E-state index in [9.17, 15) is 0 Å². The predicted octanol–water partition coefficient (Wildman–Crippen LogP) is 22.1. The van der Waals surface area contributed by atoms with Gasteiger partial charge in [-0.25, -0.2) is 0 Å². The molecule has 4 heteroatoms. The first-order valence-electron chi connectivity index (χ1n) is 28.6. The molecule has 0 fully saturated rings. The largest absolute Gasteiger partial charge is 0.310 e. The second kappa shape index (κ2) is 19.4. The molecule has 0 N–H and O–H groups in total. The number of anilines is 6. The van der Waals surface area contributed by atoms with Gasteiger partial charge in [-0.3, -0.25) is 0 Å². The Morgan fingerprint density at radius 2 is 0.759 bits per heavy atom. The molecule has 83 heavy (non-hydrogen) atoms. The molecule has 0 aliphatic heterocycles. The van der Waals surface area contributed by atoms with Crippen LogP contribution in [0.1, 0.15) is 12.5 Å². The molecule has 0 aliphatic carbocycles. The van der Waals surface area contributed by atoms with Gasteiger partial charge in [-0.1, -0.05) is 231 Å². The van der Waals surface area contributed by atoms with Crippen LogP contribution in [0.2, 0.25) is 0 Å². The summed E-state index contributed by atoms with van der Waals surface area (Å²) in [5.41, 5.74) is 22.9. The first kappa shape index (κ1) is 48.0. The molecule has 4 aromatic heterocycles. The summed E-state index contributed by atoms with van der Waals surface area (Å²) in [5.74, 6) is 0. The maximum atomic E-state index is 4.38. The Hall–Kier alpha value is -10.9. The molecule has 390 valence electrons. The van der Waals surface area contributed by atoms with Gasteiger partial charge in [0.05, 0.1) is 44.5 Å². The minimum Gasteiger partial charge on any atom is -0.310 e. The summed E-state index contributed by atoms with van der Waals surface area (Å²) in [7, 11) is 0. The van der Waals surface area contributed by atoms with Crippen molar-refractivity contribution in [2.45, 2.75) is 6.92 Å². The molecule has 4 heterocycles. The Morgan fingerprint density at radius 1 is 0.349 bits per heavy atom. The number of hydrogen-bond acceptors (Lipinski definition) is 2. The highest BCUT2D eigenvalue weighted by Crippen LogP contribution is 2.56. The zero-order valence-electron chi connectivity index (χ0n) is 45.8. The summed E-state index contributed by atoms with van der Waals surface area (Å²) < 4.78 is 5.23. The van der Waals surface area contributed by atoms with Gasteiger partial charge in [0.25, 0.3) is 0 Å². The number of benzene rings is 12. The minimum atomic E-state index is 1.09. The van der Waals surface area contributed by atoms with Crippen molar-refractivity contribution in [2.75, 3.05) is 9.80 Å². The molecule has 0 spiro atoms. The van der Waals surface area contributed by atoms with Crippen LogP contribution in [0, 0.1) is 0 Å². The number of fused-ring (bicyclic) bond motifs is 12. The molecule has 0 atom stereocenters. The first-order chi connectivity index (χ1) is 41.2. The van der Waals surface area contributed by atoms with Crippen LogP contribution in [-0.4, -0.2) is 8.80 Å². The Kier molecular flexibility index (Phi) is 11.2. The smallest absolute Gasteiger partial charge is 0.0642 e. The van der Waals surface area contributed by atoms with Crippen LogP contribution in [0.5, 0.6) is 0 Å². The van der Waals surface area contributed by atoms with E-state index < -0.39 is 0 Å². The lowest BCUT2D eigenvalue weighted by molar-refractivity contribution is 1.30. The van der Waals surface area contributed by atoms with Gasteiger partial charge < -0.3 is 18.6 Å². The normalized spacial score (nSPS) is 12.2. The predicted molar refractivity (Wildman–Crippen MR) is 354 cm³/mol. The molecule has 4 nitrogen and oxygen atoms in total. The minimum absolute atomic E-state index is 1.09. The van der Waals surface area contributed by atoms with Crippen molar-refractivity contribution in [3.05, 3.63) is 309 Å². The first-order valence-corrected chi connectivity index (χ1v) is 28.6. The maximum absolute atomic E-state index is 4.38. The van der Waals surface area contributed by atoms with E-state index in [0.717, 1.165) is 67.4 Å². The van der Waals surface area contributed by atoms with Crippen molar-refractivity contribution < 1.29 is 0 Å². The number of aromatic nitrogens is 2. The molecule has 0 bridgehead atoms. The zero-order valence-corrected chi connectivity index (χ0v) is 45.8. The standard InChI is InChI=1S/C79H54N4/c1-3-26-54(27-4-2)70-74-64-46-48-68(80(58-36-16-8-17-37-58)60-40-24-34-56(50-60)52-28-10-5-11-29-52)72-63-43-21-23-45-67(63)83(76(64)72)79(74)71(55-32-14-7-15-33-55)75-65-47-49-69(73-62-42-20-22-44-66(62)82(77(65)73)78(70)75)81(59-38-18-9-19-39-59)61-41-25-35-57(51-61)53-30-12-6-13-31-53/h3-51H,1H2,2H3/b27-4-,54-26+.